The number of methoxy groups -OCH3 is 1. The van der Waals surface area contributed by atoms with Crippen LogP contribution in [0.15, 0.2) is 89.6 Å². The van der Waals surface area contributed by atoms with Gasteiger partial charge in [0.1, 0.15) is 5.76 Å². The van der Waals surface area contributed by atoms with Crippen molar-refractivity contribution in [2.24, 2.45) is 5.92 Å². The van der Waals surface area contributed by atoms with E-state index in [2.05, 4.69) is 0 Å². The first kappa shape index (κ1) is 24.3. The number of carbonyl (C=O) groups excluding carboxylic acids is 2. The Labute approximate surface area is 200 Å². The van der Waals surface area contributed by atoms with E-state index < -0.39 is 35.6 Å². The van der Waals surface area contributed by atoms with Crippen molar-refractivity contribution in [3.05, 3.63) is 96.3 Å². The Bertz CT molecular complexity index is 1220. The molecule has 35 heavy (non-hydrogen) atoms. The maximum atomic E-state index is 14.0. The second kappa shape index (κ2) is 9.44. The third-order valence-corrected chi connectivity index (χ3v) is 6.29. The number of hydrogen-bond acceptors (Lipinski definition) is 4. The molecule has 8 heteroatoms. The van der Waals surface area contributed by atoms with Gasteiger partial charge in [0.2, 0.25) is 0 Å². The highest BCUT2D eigenvalue weighted by molar-refractivity contribution is 5.93. The standard InChI is InChI=1S/C27H24F3NO4/c1-18-14-15-26(25(33)34-2,17-20-11-6-7-12-21(20)22-13-8-16-35-22)31(24(32)27(28,29)30)23(18)19-9-4-3-5-10-19/h3-16,18,23H,17H2,1-2H3/t18-,23-,26-/m0/s1. The summed E-state index contributed by atoms with van der Waals surface area (Å²) in [6, 6.07) is 17.7. The van der Waals surface area contributed by atoms with Crippen LogP contribution in [0.3, 0.4) is 0 Å². The first-order chi connectivity index (χ1) is 16.7. The monoisotopic (exact) mass is 483 g/mol. The highest BCUT2D eigenvalue weighted by Crippen LogP contribution is 2.45. The largest absolute Gasteiger partial charge is 0.471 e. The molecule has 1 aliphatic heterocycles. The molecular formula is C27H24F3NO4. The van der Waals surface area contributed by atoms with E-state index in [1.165, 1.54) is 12.3 Å². The van der Waals surface area contributed by atoms with E-state index in [-0.39, 0.29) is 6.42 Å². The van der Waals surface area contributed by atoms with Crippen LogP contribution in [-0.4, -0.2) is 35.6 Å². The van der Waals surface area contributed by atoms with Gasteiger partial charge in [0.05, 0.1) is 19.4 Å². The summed E-state index contributed by atoms with van der Waals surface area (Å²) in [5.41, 5.74) is -0.436. The third-order valence-electron chi connectivity index (χ3n) is 6.29. The maximum Gasteiger partial charge on any atom is 0.471 e. The van der Waals surface area contributed by atoms with Gasteiger partial charge in [-0.25, -0.2) is 4.79 Å². The van der Waals surface area contributed by atoms with Crippen LogP contribution < -0.4 is 0 Å². The molecule has 1 aromatic heterocycles. The molecule has 2 aromatic carbocycles. The molecule has 3 aromatic rings. The van der Waals surface area contributed by atoms with Gasteiger partial charge in [-0.1, -0.05) is 73.7 Å². The molecule has 4 rings (SSSR count). The van der Waals surface area contributed by atoms with Crippen molar-refractivity contribution in [3.63, 3.8) is 0 Å². The molecule has 2 heterocycles. The number of halogens is 3. The summed E-state index contributed by atoms with van der Waals surface area (Å²) in [4.78, 5) is 27.0. The fraction of sp³-hybridized carbons (Fsp3) is 0.259. The first-order valence-electron chi connectivity index (χ1n) is 11.0. The van der Waals surface area contributed by atoms with E-state index in [9.17, 15) is 22.8 Å². The fourth-order valence-corrected chi connectivity index (χ4v) is 4.72. The van der Waals surface area contributed by atoms with Crippen LogP contribution in [0.1, 0.15) is 24.1 Å². The van der Waals surface area contributed by atoms with E-state index >= 15 is 0 Å². The topological polar surface area (TPSA) is 59.8 Å². The zero-order valence-electron chi connectivity index (χ0n) is 19.2. The molecule has 0 aliphatic carbocycles. The van der Waals surface area contributed by atoms with Crippen LogP contribution in [0.2, 0.25) is 0 Å². The molecule has 5 nitrogen and oxygen atoms in total. The summed E-state index contributed by atoms with van der Waals surface area (Å²) >= 11 is 0. The molecule has 0 N–H and O–H groups in total. The molecule has 3 atom stereocenters. The van der Waals surface area contributed by atoms with Crippen LogP contribution >= 0.6 is 0 Å². The lowest BCUT2D eigenvalue weighted by atomic mass is 9.77. The molecule has 1 amide bonds. The third kappa shape index (κ3) is 4.48. The van der Waals surface area contributed by atoms with Gasteiger partial charge in [0, 0.05) is 12.0 Å². The van der Waals surface area contributed by atoms with Crippen LogP contribution in [0, 0.1) is 5.92 Å². The van der Waals surface area contributed by atoms with Gasteiger partial charge >= 0.3 is 18.1 Å². The van der Waals surface area contributed by atoms with Crippen molar-refractivity contribution in [1.29, 1.82) is 0 Å². The fourth-order valence-electron chi connectivity index (χ4n) is 4.72. The van der Waals surface area contributed by atoms with Gasteiger partial charge in [-0.3, -0.25) is 4.79 Å². The molecule has 0 radical (unpaired) electrons. The van der Waals surface area contributed by atoms with Crippen molar-refractivity contribution in [2.45, 2.75) is 31.1 Å². The second-order valence-electron chi connectivity index (χ2n) is 8.47. The minimum atomic E-state index is -5.21. The van der Waals surface area contributed by atoms with Crippen molar-refractivity contribution in [1.82, 2.24) is 4.90 Å². The number of amides is 1. The minimum absolute atomic E-state index is 0.245. The smallest absolute Gasteiger partial charge is 0.467 e. The van der Waals surface area contributed by atoms with Gasteiger partial charge in [0.25, 0.3) is 0 Å². The quantitative estimate of drug-likeness (QED) is 0.343. The number of furan rings is 1. The van der Waals surface area contributed by atoms with Crippen LogP contribution in [0.25, 0.3) is 11.3 Å². The zero-order valence-corrected chi connectivity index (χ0v) is 19.2. The molecule has 0 unspecified atom stereocenters. The summed E-state index contributed by atoms with van der Waals surface area (Å²) < 4.78 is 52.6. The lowest BCUT2D eigenvalue weighted by molar-refractivity contribution is -0.199. The predicted molar refractivity (Wildman–Crippen MR) is 123 cm³/mol. The van der Waals surface area contributed by atoms with Crippen molar-refractivity contribution in [2.75, 3.05) is 7.11 Å². The van der Waals surface area contributed by atoms with Gasteiger partial charge in [-0.05, 0) is 29.2 Å². The summed E-state index contributed by atoms with van der Waals surface area (Å²) in [6.45, 7) is 1.71. The van der Waals surface area contributed by atoms with Gasteiger partial charge in [-0.2, -0.15) is 13.2 Å². The number of hydrogen-bond donors (Lipinski definition) is 0. The molecule has 0 spiro atoms. The lowest BCUT2D eigenvalue weighted by Crippen LogP contribution is -2.64. The van der Waals surface area contributed by atoms with E-state index in [4.69, 9.17) is 9.15 Å². The Morgan fingerprint density at radius 3 is 2.34 bits per heavy atom. The van der Waals surface area contributed by atoms with Crippen LogP contribution in [-0.2, 0) is 20.7 Å². The summed E-state index contributed by atoms with van der Waals surface area (Å²) in [5, 5.41) is 0. The molecular weight excluding hydrogens is 459 g/mol. The Balaban J connectivity index is 1.95. The van der Waals surface area contributed by atoms with Gasteiger partial charge in [-0.15, -0.1) is 0 Å². The summed E-state index contributed by atoms with van der Waals surface area (Å²) in [6.07, 6.45) is -0.937. The summed E-state index contributed by atoms with van der Waals surface area (Å²) in [5.74, 6) is -3.08. The van der Waals surface area contributed by atoms with Gasteiger partial charge in [0.15, 0.2) is 5.54 Å². The normalized spacial score (nSPS) is 22.1. The highest BCUT2D eigenvalue weighted by Gasteiger charge is 2.58. The molecule has 0 bridgehead atoms. The summed E-state index contributed by atoms with van der Waals surface area (Å²) in [7, 11) is 1.10. The Kier molecular flexibility index (Phi) is 6.56. The molecule has 1 aliphatic rings. The number of alkyl halides is 3. The average molecular weight is 483 g/mol. The number of benzene rings is 2. The Morgan fingerprint density at radius 1 is 1.03 bits per heavy atom. The SMILES string of the molecule is COC(=O)[C@@]1(Cc2ccccc2-c2ccco2)C=C[C@H](C)[C@@H](c2ccccc2)N1C(=O)C(F)(F)F. The second-order valence-corrected chi connectivity index (χ2v) is 8.47. The first-order valence-corrected chi connectivity index (χ1v) is 11.0. The Morgan fingerprint density at radius 2 is 1.71 bits per heavy atom. The number of nitrogens with zero attached hydrogens (tertiary/aromatic N) is 1. The minimum Gasteiger partial charge on any atom is -0.467 e. The van der Waals surface area contributed by atoms with E-state index in [0.717, 1.165) is 7.11 Å². The van der Waals surface area contributed by atoms with Crippen LogP contribution in [0.4, 0.5) is 13.2 Å². The Hall–Kier alpha value is -3.81. The van der Waals surface area contributed by atoms with Gasteiger partial charge < -0.3 is 14.1 Å². The van der Waals surface area contributed by atoms with Crippen molar-refractivity contribution < 1.29 is 31.9 Å². The molecule has 182 valence electrons. The van der Waals surface area contributed by atoms with E-state index in [1.54, 1.807) is 79.7 Å². The number of ether oxygens (including phenoxy) is 1. The van der Waals surface area contributed by atoms with E-state index in [1.807, 2.05) is 0 Å². The molecule has 0 saturated carbocycles. The molecule has 0 fully saturated rings. The van der Waals surface area contributed by atoms with Crippen molar-refractivity contribution >= 4 is 11.9 Å². The molecule has 0 saturated heterocycles. The van der Waals surface area contributed by atoms with Crippen LogP contribution in [0.5, 0.6) is 0 Å². The number of rotatable bonds is 5. The number of esters is 1. The average Bonchev–Trinajstić information content (AvgIpc) is 3.39. The lowest BCUT2D eigenvalue weighted by Gasteiger charge is -2.49. The van der Waals surface area contributed by atoms with E-state index in [0.29, 0.717) is 27.4 Å². The maximum absolute atomic E-state index is 14.0. The predicted octanol–water partition coefficient (Wildman–Crippen LogP) is 5.74. The van der Waals surface area contributed by atoms with Crippen molar-refractivity contribution in [3.8, 4) is 11.3 Å². The zero-order chi connectivity index (χ0) is 25.2. The number of carbonyl (C=O) groups is 2. The highest BCUT2D eigenvalue weighted by atomic mass is 19.4.